The molecule has 0 atom stereocenters. The Hall–Kier alpha value is -2.73. The minimum atomic E-state index is -0.293. The number of aryl methyl sites for hydroxylation is 1. The molecular formula is C18H15BrN4O. The molecule has 1 aromatic heterocycles. The third-order valence-electron chi connectivity index (χ3n) is 3.29. The number of rotatable bonds is 4. The SMILES string of the molecule is Cc1ccc(NC(=O)c2ccnc(Nc3ccccc3)n2)c(Br)c1. The maximum Gasteiger partial charge on any atom is 0.274 e. The number of hydrogen-bond acceptors (Lipinski definition) is 4. The van der Waals surface area contributed by atoms with Crippen LogP contribution in [0.2, 0.25) is 0 Å². The third-order valence-corrected chi connectivity index (χ3v) is 3.95. The minimum absolute atomic E-state index is 0.288. The summed E-state index contributed by atoms with van der Waals surface area (Å²) >= 11 is 3.45. The first-order valence-corrected chi connectivity index (χ1v) is 8.14. The fraction of sp³-hybridized carbons (Fsp3) is 0.0556. The summed E-state index contributed by atoms with van der Waals surface area (Å²) < 4.78 is 0.826. The van der Waals surface area contributed by atoms with E-state index in [-0.39, 0.29) is 11.6 Å². The smallest absolute Gasteiger partial charge is 0.274 e. The van der Waals surface area contributed by atoms with Gasteiger partial charge in [0.25, 0.3) is 5.91 Å². The fourth-order valence-corrected chi connectivity index (χ4v) is 2.70. The zero-order valence-corrected chi connectivity index (χ0v) is 14.5. The average molecular weight is 383 g/mol. The molecule has 0 aliphatic rings. The number of halogens is 1. The molecule has 120 valence electrons. The largest absolute Gasteiger partial charge is 0.324 e. The van der Waals surface area contributed by atoms with E-state index < -0.39 is 0 Å². The van der Waals surface area contributed by atoms with Crippen LogP contribution in [0, 0.1) is 6.92 Å². The molecule has 0 unspecified atom stereocenters. The van der Waals surface area contributed by atoms with Gasteiger partial charge < -0.3 is 10.6 Å². The van der Waals surface area contributed by atoms with Crippen molar-refractivity contribution in [2.45, 2.75) is 6.92 Å². The second kappa shape index (κ2) is 7.23. The van der Waals surface area contributed by atoms with Crippen molar-refractivity contribution in [3.8, 4) is 0 Å². The molecule has 2 N–H and O–H groups in total. The number of nitrogens with one attached hydrogen (secondary N) is 2. The van der Waals surface area contributed by atoms with Crippen LogP contribution in [-0.4, -0.2) is 15.9 Å². The highest BCUT2D eigenvalue weighted by molar-refractivity contribution is 9.10. The van der Waals surface area contributed by atoms with Gasteiger partial charge in [0.2, 0.25) is 5.95 Å². The van der Waals surface area contributed by atoms with Crippen LogP contribution < -0.4 is 10.6 Å². The molecule has 0 saturated carbocycles. The summed E-state index contributed by atoms with van der Waals surface area (Å²) in [5.41, 5.74) is 2.95. The Bertz CT molecular complexity index is 868. The van der Waals surface area contributed by atoms with E-state index in [0.717, 1.165) is 15.7 Å². The van der Waals surface area contributed by atoms with Gasteiger partial charge in [-0.1, -0.05) is 24.3 Å². The van der Waals surface area contributed by atoms with Gasteiger partial charge >= 0.3 is 0 Å². The first-order chi connectivity index (χ1) is 11.6. The lowest BCUT2D eigenvalue weighted by Gasteiger charge is -2.09. The Morgan fingerprint density at radius 2 is 1.88 bits per heavy atom. The maximum absolute atomic E-state index is 12.4. The van der Waals surface area contributed by atoms with E-state index >= 15 is 0 Å². The highest BCUT2D eigenvalue weighted by Gasteiger charge is 2.11. The molecule has 3 rings (SSSR count). The van der Waals surface area contributed by atoms with Crippen molar-refractivity contribution in [1.82, 2.24) is 9.97 Å². The number of nitrogens with zero attached hydrogens (tertiary/aromatic N) is 2. The molecule has 2 aromatic carbocycles. The highest BCUT2D eigenvalue weighted by Crippen LogP contribution is 2.23. The lowest BCUT2D eigenvalue weighted by Crippen LogP contribution is -2.15. The van der Waals surface area contributed by atoms with E-state index in [1.807, 2.05) is 55.5 Å². The van der Waals surface area contributed by atoms with Gasteiger partial charge in [0, 0.05) is 16.4 Å². The van der Waals surface area contributed by atoms with Crippen LogP contribution in [-0.2, 0) is 0 Å². The summed E-state index contributed by atoms with van der Waals surface area (Å²) in [6.45, 7) is 1.99. The van der Waals surface area contributed by atoms with E-state index in [9.17, 15) is 4.79 Å². The molecule has 0 radical (unpaired) electrons. The van der Waals surface area contributed by atoms with Crippen LogP contribution in [0.4, 0.5) is 17.3 Å². The molecule has 0 bridgehead atoms. The number of hydrogen-bond donors (Lipinski definition) is 2. The van der Waals surface area contributed by atoms with E-state index in [1.165, 1.54) is 0 Å². The molecule has 0 aliphatic heterocycles. The summed E-state index contributed by atoms with van der Waals surface area (Å²) in [5.74, 6) is 0.0786. The van der Waals surface area contributed by atoms with Gasteiger partial charge in [-0.2, -0.15) is 0 Å². The topological polar surface area (TPSA) is 66.9 Å². The Morgan fingerprint density at radius 3 is 2.62 bits per heavy atom. The van der Waals surface area contributed by atoms with Gasteiger partial charge in [-0.3, -0.25) is 4.79 Å². The monoisotopic (exact) mass is 382 g/mol. The molecule has 1 amide bonds. The number of amides is 1. The van der Waals surface area contributed by atoms with Crippen LogP contribution >= 0.6 is 15.9 Å². The quantitative estimate of drug-likeness (QED) is 0.694. The highest BCUT2D eigenvalue weighted by atomic mass is 79.9. The molecule has 0 fully saturated rings. The Labute approximate surface area is 148 Å². The van der Waals surface area contributed by atoms with Crippen molar-refractivity contribution >= 4 is 39.2 Å². The van der Waals surface area contributed by atoms with Gasteiger partial charge in [-0.15, -0.1) is 0 Å². The van der Waals surface area contributed by atoms with E-state index in [1.54, 1.807) is 12.3 Å². The van der Waals surface area contributed by atoms with Gasteiger partial charge in [0.1, 0.15) is 5.69 Å². The standard InChI is InChI=1S/C18H15BrN4O/c1-12-7-8-15(14(19)11-12)22-17(24)16-9-10-20-18(23-16)21-13-5-3-2-4-6-13/h2-11H,1H3,(H,22,24)(H,20,21,23). The van der Waals surface area contributed by atoms with Gasteiger partial charge in [-0.05, 0) is 58.7 Å². The van der Waals surface area contributed by atoms with Crippen molar-refractivity contribution < 1.29 is 4.79 Å². The maximum atomic E-state index is 12.4. The first-order valence-electron chi connectivity index (χ1n) is 7.34. The Kier molecular flexibility index (Phi) is 4.86. The summed E-state index contributed by atoms with van der Waals surface area (Å²) in [4.78, 5) is 20.8. The predicted molar refractivity (Wildman–Crippen MR) is 98.6 cm³/mol. The van der Waals surface area contributed by atoms with Crippen LogP contribution in [0.5, 0.6) is 0 Å². The number of carbonyl (C=O) groups is 1. The van der Waals surface area contributed by atoms with E-state index in [0.29, 0.717) is 11.6 Å². The zero-order chi connectivity index (χ0) is 16.9. The van der Waals surface area contributed by atoms with Crippen molar-refractivity contribution in [2.24, 2.45) is 0 Å². The first kappa shape index (κ1) is 16.1. The fourth-order valence-electron chi connectivity index (χ4n) is 2.10. The van der Waals surface area contributed by atoms with Crippen LogP contribution in [0.1, 0.15) is 16.1 Å². The molecule has 1 heterocycles. The number of benzene rings is 2. The lowest BCUT2D eigenvalue weighted by molar-refractivity contribution is 0.102. The van der Waals surface area contributed by atoms with Gasteiger partial charge in [0.15, 0.2) is 0 Å². The molecular weight excluding hydrogens is 368 g/mol. The summed E-state index contributed by atoms with van der Waals surface area (Å²) in [7, 11) is 0. The normalized spacial score (nSPS) is 10.2. The molecule has 0 spiro atoms. The lowest BCUT2D eigenvalue weighted by atomic mass is 10.2. The van der Waals surface area contributed by atoms with Gasteiger partial charge in [0.05, 0.1) is 5.69 Å². The second-order valence-electron chi connectivity index (χ2n) is 5.19. The van der Waals surface area contributed by atoms with Crippen LogP contribution in [0.25, 0.3) is 0 Å². The third kappa shape index (κ3) is 3.97. The van der Waals surface area contributed by atoms with Crippen LogP contribution in [0.15, 0.2) is 65.3 Å². The summed E-state index contributed by atoms with van der Waals surface area (Å²) in [6, 6.07) is 16.9. The van der Waals surface area contributed by atoms with Crippen LogP contribution in [0.3, 0.4) is 0 Å². The summed E-state index contributed by atoms with van der Waals surface area (Å²) in [6.07, 6.45) is 1.55. The zero-order valence-electron chi connectivity index (χ0n) is 13.0. The number of carbonyl (C=O) groups excluding carboxylic acids is 1. The van der Waals surface area contributed by atoms with Gasteiger partial charge in [-0.25, -0.2) is 9.97 Å². The molecule has 0 aliphatic carbocycles. The molecule has 3 aromatic rings. The Morgan fingerprint density at radius 1 is 1.08 bits per heavy atom. The van der Waals surface area contributed by atoms with Crippen molar-refractivity contribution in [3.63, 3.8) is 0 Å². The number of para-hydroxylation sites is 1. The van der Waals surface area contributed by atoms with E-state index in [4.69, 9.17) is 0 Å². The predicted octanol–water partition coefficient (Wildman–Crippen LogP) is 4.54. The van der Waals surface area contributed by atoms with Crippen molar-refractivity contribution in [2.75, 3.05) is 10.6 Å². The number of aromatic nitrogens is 2. The van der Waals surface area contributed by atoms with E-state index in [2.05, 4.69) is 36.5 Å². The minimum Gasteiger partial charge on any atom is -0.324 e. The van der Waals surface area contributed by atoms with Crippen molar-refractivity contribution in [1.29, 1.82) is 0 Å². The Balaban J connectivity index is 1.77. The second-order valence-corrected chi connectivity index (χ2v) is 6.05. The summed E-state index contributed by atoms with van der Waals surface area (Å²) in [5, 5.41) is 5.91. The number of anilines is 3. The van der Waals surface area contributed by atoms with Crippen molar-refractivity contribution in [3.05, 3.63) is 76.5 Å². The molecule has 5 nitrogen and oxygen atoms in total. The average Bonchev–Trinajstić information content (AvgIpc) is 2.58. The molecule has 0 saturated heterocycles. The molecule has 6 heteroatoms. The molecule has 24 heavy (non-hydrogen) atoms.